The van der Waals surface area contributed by atoms with Crippen molar-refractivity contribution in [3.63, 3.8) is 0 Å². The SMILES string of the molecule is Cc1cccc(N2CCN(c3cc(NC(C)C)ncn3)CC2)c1. The van der Waals surface area contributed by atoms with Gasteiger partial charge in [0.1, 0.15) is 18.0 Å². The zero-order chi connectivity index (χ0) is 16.2. The first-order chi connectivity index (χ1) is 11.1. The lowest BCUT2D eigenvalue weighted by Crippen LogP contribution is -2.46. The molecule has 1 aromatic heterocycles. The molecule has 1 saturated heterocycles. The van der Waals surface area contributed by atoms with Gasteiger partial charge in [-0.15, -0.1) is 0 Å². The van der Waals surface area contributed by atoms with E-state index in [0.29, 0.717) is 6.04 Å². The monoisotopic (exact) mass is 311 g/mol. The average molecular weight is 311 g/mol. The first-order valence-corrected chi connectivity index (χ1v) is 8.27. The van der Waals surface area contributed by atoms with Crippen LogP contribution in [0.4, 0.5) is 17.3 Å². The molecule has 1 fully saturated rings. The predicted octanol–water partition coefficient (Wildman–Crippen LogP) is 2.93. The molecular formula is C18H25N5. The number of hydrogen-bond donors (Lipinski definition) is 1. The Kier molecular flexibility index (Phi) is 4.65. The minimum Gasteiger partial charge on any atom is -0.368 e. The summed E-state index contributed by atoms with van der Waals surface area (Å²) in [6, 6.07) is 11.1. The summed E-state index contributed by atoms with van der Waals surface area (Å²) in [6.45, 7) is 10.4. The Morgan fingerprint density at radius 1 is 1.00 bits per heavy atom. The molecule has 0 radical (unpaired) electrons. The van der Waals surface area contributed by atoms with Gasteiger partial charge in [0.25, 0.3) is 0 Å². The molecule has 1 aromatic carbocycles. The van der Waals surface area contributed by atoms with Crippen LogP contribution in [0.2, 0.25) is 0 Å². The maximum absolute atomic E-state index is 4.44. The lowest BCUT2D eigenvalue weighted by molar-refractivity contribution is 0.646. The molecule has 23 heavy (non-hydrogen) atoms. The van der Waals surface area contributed by atoms with Crippen LogP contribution in [0, 0.1) is 6.92 Å². The van der Waals surface area contributed by atoms with Crippen LogP contribution in [-0.2, 0) is 0 Å². The van der Waals surface area contributed by atoms with E-state index in [2.05, 4.69) is 70.1 Å². The summed E-state index contributed by atoms with van der Waals surface area (Å²) < 4.78 is 0. The van der Waals surface area contributed by atoms with Crippen LogP contribution in [0.3, 0.4) is 0 Å². The number of rotatable bonds is 4. The topological polar surface area (TPSA) is 44.3 Å². The number of nitrogens with zero attached hydrogens (tertiary/aromatic N) is 4. The van der Waals surface area contributed by atoms with E-state index in [0.717, 1.165) is 37.8 Å². The summed E-state index contributed by atoms with van der Waals surface area (Å²) in [5.74, 6) is 1.90. The normalized spacial score (nSPS) is 15.1. The van der Waals surface area contributed by atoms with E-state index >= 15 is 0 Å². The highest BCUT2D eigenvalue weighted by Crippen LogP contribution is 2.21. The summed E-state index contributed by atoms with van der Waals surface area (Å²) in [5, 5.41) is 3.34. The number of nitrogens with one attached hydrogen (secondary N) is 1. The lowest BCUT2D eigenvalue weighted by atomic mass is 10.2. The maximum atomic E-state index is 4.44. The van der Waals surface area contributed by atoms with Gasteiger partial charge in [-0.05, 0) is 38.5 Å². The van der Waals surface area contributed by atoms with Crippen molar-refractivity contribution in [2.75, 3.05) is 41.3 Å². The molecule has 5 nitrogen and oxygen atoms in total. The lowest BCUT2D eigenvalue weighted by Gasteiger charge is -2.36. The smallest absolute Gasteiger partial charge is 0.134 e. The van der Waals surface area contributed by atoms with Crippen molar-refractivity contribution < 1.29 is 0 Å². The molecule has 0 saturated carbocycles. The fraction of sp³-hybridized carbons (Fsp3) is 0.444. The highest BCUT2D eigenvalue weighted by Gasteiger charge is 2.18. The van der Waals surface area contributed by atoms with E-state index in [1.54, 1.807) is 6.33 Å². The number of anilines is 3. The Hall–Kier alpha value is -2.30. The van der Waals surface area contributed by atoms with Crippen LogP contribution < -0.4 is 15.1 Å². The Bertz CT molecular complexity index is 647. The van der Waals surface area contributed by atoms with Crippen molar-refractivity contribution in [3.05, 3.63) is 42.2 Å². The van der Waals surface area contributed by atoms with E-state index in [1.807, 2.05) is 6.07 Å². The van der Waals surface area contributed by atoms with E-state index in [1.165, 1.54) is 11.3 Å². The molecule has 0 aliphatic carbocycles. The van der Waals surface area contributed by atoms with Gasteiger partial charge < -0.3 is 15.1 Å². The van der Waals surface area contributed by atoms with E-state index < -0.39 is 0 Å². The fourth-order valence-electron chi connectivity index (χ4n) is 2.91. The second-order valence-electron chi connectivity index (χ2n) is 6.37. The highest BCUT2D eigenvalue weighted by atomic mass is 15.3. The Morgan fingerprint density at radius 2 is 1.74 bits per heavy atom. The molecular weight excluding hydrogens is 286 g/mol. The Balaban J connectivity index is 1.65. The zero-order valence-electron chi connectivity index (χ0n) is 14.2. The summed E-state index contributed by atoms with van der Waals surface area (Å²) in [6.07, 6.45) is 1.65. The predicted molar refractivity (Wildman–Crippen MR) is 96.4 cm³/mol. The van der Waals surface area contributed by atoms with Crippen LogP contribution in [0.5, 0.6) is 0 Å². The molecule has 0 atom stereocenters. The summed E-state index contributed by atoms with van der Waals surface area (Å²) in [5.41, 5.74) is 2.62. The van der Waals surface area contributed by atoms with Crippen molar-refractivity contribution in [1.82, 2.24) is 9.97 Å². The van der Waals surface area contributed by atoms with Crippen LogP contribution in [0.15, 0.2) is 36.7 Å². The van der Waals surface area contributed by atoms with Gasteiger partial charge in [-0.3, -0.25) is 0 Å². The van der Waals surface area contributed by atoms with Gasteiger partial charge in [0.2, 0.25) is 0 Å². The number of benzene rings is 1. The number of aryl methyl sites for hydroxylation is 1. The van der Waals surface area contributed by atoms with Crippen molar-refractivity contribution in [2.45, 2.75) is 26.8 Å². The number of piperazine rings is 1. The van der Waals surface area contributed by atoms with E-state index in [9.17, 15) is 0 Å². The molecule has 122 valence electrons. The molecule has 0 unspecified atom stereocenters. The minimum absolute atomic E-state index is 0.371. The van der Waals surface area contributed by atoms with Gasteiger partial charge in [0.05, 0.1) is 0 Å². The summed E-state index contributed by atoms with van der Waals surface area (Å²) in [7, 11) is 0. The third kappa shape index (κ3) is 3.92. The molecule has 5 heteroatoms. The van der Waals surface area contributed by atoms with E-state index in [4.69, 9.17) is 0 Å². The molecule has 0 spiro atoms. The first kappa shape index (κ1) is 15.6. The van der Waals surface area contributed by atoms with Gasteiger partial charge in [0, 0.05) is 44.0 Å². The van der Waals surface area contributed by atoms with E-state index in [-0.39, 0.29) is 0 Å². The van der Waals surface area contributed by atoms with Crippen LogP contribution in [0.1, 0.15) is 19.4 Å². The first-order valence-electron chi connectivity index (χ1n) is 8.27. The second-order valence-corrected chi connectivity index (χ2v) is 6.37. The summed E-state index contributed by atoms with van der Waals surface area (Å²) >= 11 is 0. The highest BCUT2D eigenvalue weighted by molar-refractivity contribution is 5.53. The Labute approximate surface area is 138 Å². The summed E-state index contributed by atoms with van der Waals surface area (Å²) in [4.78, 5) is 13.5. The third-order valence-electron chi connectivity index (χ3n) is 4.06. The van der Waals surface area contributed by atoms with Gasteiger partial charge in [0.15, 0.2) is 0 Å². The molecule has 1 aliphatic heterocycles. The molecule has 0 bridgehead atoms. The molecule has 1 aliphatic rings. The molecule has 1 N–H and O–H groups in total. The van der Waals surface area contributed by atoms with Crippen molar-refractivity contribution in [1.29, 1.82) is 0 Å². The van der Waals surface area contributed by atoms with Gasteiger partial charge >= 0.3 is 0 Å². The molecule has 3 rings (SSSR count). The second kappa shape index (κ2) is 6.86. The molecule has 2 heterocycles. The quantitative estimate of drug-likeness (QED) is 0.940. The average Bonchev–Trinajstić information content (AvgIpc) is 2.55. The van der Waals surface area contributed by atoms with Gasteiger partial charge in [-0.2, -0.15) is 0 Å². The van der Waals surface area contributed by atoms with Crippen molar-refractivity contribution >= 4 is 17.3 Å². The standard InChI is InChI=1S/C18H25N5/c1-14(2)21-17-12-18(20-13-19-17)23-9-7-22(8-10-23)16-6-4-5-15(3)11-16/h4-6,11-14H,7-10H2,1-3H3,(H,19,20,21). The third-order valence-corrected chi connectivity index (χ3v) is 4.06. The van der Waals surface area contributed by atoms with Crippen LogP contribution in [-0.4, -0.2) is 42.2 Å². The van der Waals surface area contributed by atoms with Gasteiger partial charge in [-0.25, -0.2) is 9.97 Å². The van der Waals surface area contributed by atoms with Crippen LogP contribution >= 0.6 is 0 Å². The largest absolute Gasteiger partial charge is 0.368 e. The number of aromatic nitrogens is 2. The Morgan fingerprint density at radius 3 is 2.43 bits per heavy atom. The fourth-order valence-corrected chi connectivity index (χ4v) is 2.91. The zero-order valence-corrected chi connectivity index (χ0v) is 14.2. The van der Waals surface area contributed by atoms with Gasteiger partial charge in [-0.1, -0.05) is 12.1 Å². The molecule has 2 aromatic rings. The molecule has 0 amide bonds. The van der Waals surface area contributed by atoms with Crippen molar-refractivity contribution in [2.24, 2.45) is 0 Å². The van der Waals surface area contributed by atoms with Crippen LogP contribution in [0.25, 0.3) is 0 Å². The number of hydrogen-bond acceptors (Lipinski definition) is 5. The van der Waals surface area contributed by atoms with Crippen molar-refractivity contribution in [3.8, 4) is 0 Å². The minimum atomic E-state index is 0.371. The maximum Gasteiger partial charge on any atom is 0.134 e.